The molecule has 1 aromatic heterocycles. The fourth-order valence-electron chi connectivity index (χ4n) is 1.41. The van der Waals surface area contributed by atoms with Crippen molar-refractivity contribution in [3.63, 3.8) is 0 Å². The molecule has 0 aliphatic carbocycles. The SMILES string of the molecule is Nc1cc(Cl)ccc1NC(=O)Cn1cc(I)cn1. The number of halogens is 2. The highest BCUT2D eigenvalue weighted by Gasteiger charge is 2.07. The van der Waals surface area contributed by atoms with Gasteiger partial charge in [-0.2, -0.15) is 5.10 Å². The van der Waals surface area contributed by atoms with Gasteiger partial charge in [-0.3, -0.25) is 9.48 Å². The van der Waals surface area contributed by atoms with Crippen LogP contribution in [0.25, 0.3) is 0 Å². The molecule has 0 saturated heterocycles. The van der Waals surface area contributed by atoms with Gasteiger partial charge in [0.15, 0.2) is 0 Å². The minimum Gasteiger partial charge on any atom is -0.397 e. The minimum atomic E-state index is -0.191. The maximum Gasteiger partial charge on any atom is 0.246 e. The van der Waals surface area contributed by atoms with Gasteiger partial charge in [0.2, 0.25) is 5.91 Å². The number of anilines is 2. The fraction of sp³-hybridized carbons (Fsp3) is 0.0909. The van der Waals surface area contributed by atoms with Gasteiger partial charge in [0.1, 0.15) is 6.54 Å². The number of nitrogen functional groups attached to an aromatic ring is 1. The average Bonchev–Trinajstić information content (AvgIpc) is 2.68. The van der Waals surface area contributed by atoms with Gasteiger partial charge < -0.3 is 11.1 Å². The van der Waals surface area contributed by atoms with Gasteiger partial charge in [-0.25, -0.2) is 0 Å². The number of aromatic nitrogens is 2. The van der Waals surface area contributed by atoms with Gasteiger partial charge in [-0.15, -0.1) is 0 Å². The summed E-state index contributed by atoms with van der Waals surface area (Å²) in [6.45, 7) is 0.144. The lowest BCUT2D eigenvalue weighted by Crippen LogP contribution is -2.19. The van der Waals surface area contributed by atoms with Crippen LogP contribution in [-0.2, 0) is 11.3 Å². The van der Waals surface area contributed by atoms with E-state index in [-0.39, 0.29) is 12.5 Å². The van der Waals surface area contributed by atoms with Crippen LogP contribution in [0.4, 0.5) is 11.4 Å². The molecule has 0 spiro atoms. The van der Waals surface area contributed by atoms with Gasteiger partial charge in [0.25, 0.3) is 0 Å². The Hall–Kier alpha value is -1.28. The van der Waals surface area contributed by atoms with Crippen LogP contribution in [0.2, 0.25) is 5.02 Å². The van der Waals surface area contributed by atoms with E-state index >= 15 is 0 Å². The van der Waals surface area contributed by atoms with Gasteiger partial charge in [0, 0.05) is 11.2 Å². The number of carbonyl (C=O) groups is 1. The molecule has 0 unspecified atom stereocenters. The van der Waals surface area contributed by atoms with Crippen LogP contribution < -0.4 is 11.1 Å². The Labute approximate surface area is 122 Å². The molecule has 2 aromatic rings. The molecule has 0 radical (unpaired) electrons. The number of nitrogens with zero attached hydrogens (tertiary/aromatic N) is 2. The highest BCUT2D eigenvalue weighted by molar-refractivity contribution is 14.1. The zero-order valence-electron chi connectivity index (χ0n) is 9.23. The van der Waals surface area contributed by atoms with Gasteiger partial charge in [0.05, 0.1) is 21.1 Å². The van der Waals surface area contributed by atoms with Crippen molar-refractivity contribution in [1.29, 1.82) is 0 Å². The lowest BCUT2D eigenvalue weighted by molar-refractivity contribution is -0.116. The lowest BCUT2D eigenvalue weighted by Gasteiger charge is -2.08. The number of amides is 1. The third-order valence-corrected chi connectivity index (χ3v) is 2.99. The summed E-state index contributed by atoms with van der Waals surface area (Å²) in [5.41, 5.74) is 6.73. The summed E-state index contributed by atoms with van der Waals surface area (Å²) in [6.07, 6.45) is 3.47. The van der Waals surface area contributed by atoms with Crippen molar-refractivity contribution >= 4 is 51.5 Å². The van der Waals surface area contributed by atoms with Crippen LogP contribution in [-0.4, -0.2) is 15.7 Å². The van der Waals surface area contributed by atoms with E-state index in [1.54, 1.807) is 35.3 Å². The average molecular weight is 377 g/mol. The summed E-state index contributed by atoms with van der Waals surface area (Å²) in [5, 5.41) is 7.27. The van der Waals surface area contributed by atoms with Crippen LogP contribution in [0, 0.1) is 3.57 Å². The molecular formula is C11H10ClIN4O. The Morgan fingerprint density at radius 1 is 1.56 bits per heavy atom. The van der Waals surface area contributed by atoms with Gasteiger partial charge in [-0.1, -0.05) is 11.6 Å². The van der Waals surface area contributed by atoms with E-state index < -0.39 is 0 Å². The monoisotopic (exact) mass is 376 g/mol. The molecule has 1 amide bonds. The first kappa shape index (κ1) is 13.2. The van der Waals surface area contributed by atoms with Crippen molar-refractivity contribution in [2.24, 2.45) is 0 Å². The van der Waals surface area contributed by atoms with Crippen LogP contribution >= 0.6 is 34.2 Å². The van der Waals surface area contributed by atoms with E-state index in [2.05, 4.69) is 33.0 Å². The number of hydrogen-bond acceptors (Lipinski definition) is 3. The van der Waals surface area contributed by atoms with E-state index in [1.165, 1.54) is 0 Å². The summed E-state index contributed by atoms with van der Waals surface area (Å²) in [5.74, 6) is -0.191. The van der Waals surface area contributed by atoms with E-state index in [1.807, 2.05) is 0 Å². The third-order valence-electron chi connectivity index (χ3n) is 2.20. The molecule has 1 heterocycles. The first-order valence-electron chi connectivity index (χ1n) is 5.07. The predicted octanol–water partition coefficient (Wildman–Crippen LogP) is 2.36. The predicted molar refractivity (Wildman–Crippen MR) is 79.4 cm³/mol. The number of rotatable bonds is 3. The molecule has 7 heteroatoms. The van der Waals surface area contributed by atoms with E-state index in [4.69, 9.17) is 17.3 Å². The summed E-state index contributed by atoms with van der Waals surface area (Å²) < 4.78 is 2.54. The normalized spacial score (nSPS) is 10.3. The molecule has 0 atom stereocenters. The van der Waals surface area contributed by atoms with Crippen molar-refractivity contribution in [3.05, 3.63) is 39.2 Å². The number of nitrogens with two attached hydrogens (primary N) is 1. The maximum absolute atomic E-state index is 11.8. The second-order valence-corrected chi connectivity index (χ2v) is 5.32. The minimum absolute atomic E-state index is 0.144. The molecule has 18 heavy (non-hydrogen) atoms. The molecular weight excluding hydrogens is 367 g/mol. The summed E-state index contributed by atoms with van der Waals surface area (Å²) in [7, 11) is 0. The van der Waals surface area contributed by atoms with Crippen LogP contribution in [0.15, 0.2) is 30.6 Å². The van der Waals surface area contributed by atoms with Crippen molar-refractivity contribution in [3.8, 4) is 0 Å². The highest BCUT2D eigenvalue weighted by atomic mass is 127. The van der Waals surface area contributed by atoms with Crippen LogP contribution in [0.3, 0.4) is 0 Å². The third kappa shape index (κ3) is 3.36. The van der Waals surface area contributed by atoms with E-state index in [0.717, 1.165) is 3.57 Å². The standard InChI is InChI=1S/C11H10ClIN4O/c12-7-1-2-10(9(14)3-7)16-11(18)6-17-5-8(13)4-15-17/h1-5H,6,14H2,(H,16,18). The molecule has 0 bridgehead atoms. The first-order chi connectivity index (χ1) is 8.54. The molecule has 0 aliphatic heterocycles. The van der Waals surface area contributed by atoms with E-state index in [9.17, 15) is 4.79 Å². The molecule has 94 valence electrons. The molecule has 3 N–H and O–H groups in total. The second-order valence-electron chi connectivity index (χ2n) is 3.64. The summed E-state index contributed by atoms with van der Waals surface area (Å²) in [6, 6.07) is 4.93. The topological polar surface area (TPSA) is 72.9 Å². The Morgan fingerprint density at radius 3 is 2.94 bits per heavy atom. The number of hydrogen-bond donors (Lipinski definition) is 2. The molecule has 5 nitrogen and oxygen atoms in total. The zero-order chi connectivity index (χ0) is 13.1. The molecule has 0 saturated carbocycles. The lowest BCUT2D eigenvalue weighted by atomic mass is 10.2. The highest BCUT2D eigenvalue weighted by Crippen LogP contribution is 2.22. The quantitative estimate of drug-likeness (QED) is 0.638. The zero-order valence-corrected chi connectivity index (χ0v) is 12.1. The summed E-state index contributed by atoms with van der Waals surface area (Å²) in [4.78, 5) is 11.8. The Bertz CT molecular complexity index is 584. The van der Waals surface area contributed by atoms with Crippen molar-refractivity contribution in [2.45, 2.75) is 6.54 Å². The fourth-order valence-corrected chi connectivity index (χ4v) is 2.04. The second kappa shape index (κ2) is 5.57. The van der Waals surface area contributed by atoms with Crippen LogP contribution in [0.5, 0.6) is 0 Å². The number of nitrogens with one attached hydrogen (secondary N) is 1. The first-order valence-corrected chi connectivity index (χ1v) is 6.53. The van der Waals surface area contributed by atoms with Crippen molar-refractivity contribution in [2.75, 3.05) is 11.1 Å². The number of carbonyl (C=O) groups excluding carboxylic acids is 1. The van der Waals surface area contributed by atoms with Crippen molar-refractivity contribution in [1.82, 2.24) is 9.78 Å². The molecule has 0 aliphatic rings. The Balaban J connectivity index is 2.03. The Morgan fingerprint density at radius 2 is 2.33 bits per heavy atom. The Kier molecular flexibility index (Phi) is 4.07. The molecule has 2 rings (SSSR count). The van der Waals surface area contributed by atoms with Gasteiger partial charge in [-0.05, 0) is 40.8 Å². The van der Waals surface area contributed by atoms with Crippen molar-refractivity contribution < 1.29 is 4.79 Å². The largest absolute Gasteiger partial charge is 0.397 e. The molecule has 0 fully saturated rings. The van der Waals surface area contributed by atoms with E-state index in [0.29, 0.717) is 16.4 Å². The van der Waals surface area contributed by atoms with Gasteiger partial charge >= 0.3 is 0 Å². The maximum atomic E-state index is 11.8. The summed E-state index contributed by atoms with van der Waals surface area (Å²) >= 11 is 7.91. The molecule has 1 aromatic carbocycles. The number of benzene rings is 1. The van der Waals surface area contributed by atoms with Crippen LogP contribution in [0.1, 0.15) is 0 Å². The smallest absolute Gasteiger partial charge is 0.246 e.